The van der Waals surface area contributed by atoms with E-state index in [9.17, 15) is 0 Å². The summed E-state index contributed by atoms with van der Waals surface area (Å²) >= 11 is 1.70. The van der Waals surface area contributed by atoms with Gasteiger partial charge in [-0.25, -0.2) is 4.98 Å². The smallest absolute Gasteiger partial charge is 0.186 e. The molecule has 1 aromatic carbocycles. The number of hydrogen-bond donors (Lipinski definition) is 0. The molecule has 0 aliphatic carbocycles. The van der Waals surface area contributed by atoms with Gasteiger partial charge in [0.15, 0.2) is 10.9 Å². The molecule has 0 bridgehead atoms. The molecule has 0 fully saturated rings. The number of methoxy groups -OCH3 is 1. The number of hydrogen-bond acceptors (Lipinski definition) is 5. The highest BCUT2D eigenvalue weighted by Gasteiger charge is 2.23. The van der Waals surface area contributed by atoms with Gasteiger partial charge in [-0.1, -0.05) is 38.1 Å². The van der Waals surface area contributed by atoms with Gasteiger partial charge in [0.05, 0.1) is 37.8 Å². The molecule has 3 aromatic rings. The first-order chi connectivity index (χ1) is 12.2. The monoisotopic (exact) mass is 354 g/mol. The van der Waals surface area contributed by atoms with Crippen LogP contribution in [0.3, 0.4) is 0 Å². The third kappa shape index (κ3) is 3.02. The summed E-state index contributed by atoms with van der Waals surface area (Å²) in [7, 11) is 1.69. The van der Waals surface area contributed by atoms with Crippen LogP contribution in [0.25, 0.3) is 11.3 Å². The second-order valence-corrected chi connectivity index (χ2v) is 7.43. The number of benzene rings is 1. The fourth-order valence-corrected chi connectivity index (χ4v) is 4.00. The molecule has 0 N–H and O–H groups in total. The number of ether oxygens (including phenoxy) is 1. The van der Waals surface area contributed by atoms with E-state index in [1.807, 2.05) is 4.68 Å². The van der Waals surface area contributed by atoms with Crippen molar-refractivity contribution in [2.24, 2.45) is 0 Å². The Morgan fingerprint density at radius 1 is 1.16 bits per heavy atom. The minimum absolute atomic E-state index is 0.549. The average Bonchev–Trinajstić information content (AvgIpc) is 3.28. The zero-order valence-electron chi connectivity index (χ0n) is 14.8. The first-order valence-corrected chi connectivity index (χ1v) is 9.43. The second kappa shape index (κ2) is 6.52. The molecule has 1 aliphatic rings. The van der Waals surface area contributed by atoms with Gasteiger partial charge in [0.1, 0.15) is 0 Å². The summed E-state index contributed by atoms with van der Waals surface area (Å²) in [6.07, 6.45) is 1.79. The number of aromatic nitrogens is 3. The van der Waals surface area contributed by atoms with Crippen molar-refractivity contribution in [3.63, 3.8) is 0 Å². The minimum atomic E-state index is 0.549. The average molecular weight is 354 g/mol. The van der Waals surface area contributed by atoms with Crippen LogP contribution >= 0.6 is 11.3 Å². The first kappa shape index (κ1) is 16.1. The van der Waals surface area contributed by atoms with E-state index in [1.165, 1.54) is 11.1 Å². The Bertz CT molecular complexity index is 852. The minimum Gasteiger partial charge on any atom is -0.493 e. The third-order valence-corrected chi connectivity index (χ3v) is 5.59. The van der Waals surface area contributed by atoms with Gasteiger partial charge in [-0.2, -0.15) is 5.10 Å². The molecule has 5 nitrogen and oxygen atoms in total. The molecule has 0 amide bonds. The summed E-state index contributed by atoms with van der Waals surface area (Å²) in [6, 6.07) is 8.73. The number of anilines is 1. The maximum Gasteiger partial charge on any atom is 0.186 e. The lowest BCUT2D eigenvalue weighted by atomic mass is 10.0. The van der Waals surface area contributed by atoms with Crippen LogP contribution in [0.2, 0.25) is 0 Å². The summed E-state index contributed by atoms with van der Waals surface area (Å²) in [5, 5.41) is 7.57. The Labute approximate surface area is 151 Å². The van der Waals surface area contributed by atoms with Crippen LogP contribution < -0.4 is 9.64 Å². The van der Waals surface area contributed by atoms with Crippen LogP contribution in [0.1, 0.15) is 31.0 Å². The molecule has 25 heavy (non-hydrogen) atoms. The Balaban J connectivity index is 1.55. The lowest BCUT2D eigenvalue weighted by Crippen LogP contribution is -2.33. The van der Waals surface area contributed by atoms with Crippen LogP contribution in [0, 0.1) is 0 Å². The summed E-state index contributed by atoms with van der Waals surface area (Å²) < 4.78 is 7.44. The maximum atomic E-state index is 5.41. The maximum absolute atomic E-state index is 5.41. The van der Waals surface area contributed by atoms with Crippen molar-refractivity contribution in [1.29, 1.82) is 0 Å². The van der Waals surface area contributed by atoms with Crippen LogP contribution in [-0.4, -0.2) is 28.4 Å². The molecular formula is C19H22N4OS. The van der Waals surface area contributed by atoms with Crippen molar-refractivity contribution in [3.05, 3.63) is 47.1 Å². The molecule has 4 rings (SSSR count). The SMILES string of the molecule is COc1cnn2c1CN(c1nc(-c3ccc(C(C)C)cc3)cs1)CC2. The highest BCUT2D eigenvalue weighted by atomic mass is 32.1. The zero-order chi connectivity index (χ0) is 17.4. The number of fused-ring (bicyclic) bond motifs is 1. The summed E-state index contributed by atoms with van der Waals surface area (Å²) in [5.41, 5.74) is 4.69. The highest BCUT2D eigenvalue weighted by Crippen LogP contribution is 2.32. The fraction of sp³-hybridized carbons (Fsp3) is 0.368. The van der Waals surface area contributed by atoms with Crippen LogP contribution in [0.4, 0.5) is 5.13 Å². The zero-order valence-corrected chi connectivity index (χ0v) is 15.6. The molecule has 0 spiro atoms. The third-order valence-electron chi connectivity index (χ3n) is 4.69. The Hall–Kier alpha value is -2.34. The largest absolute Gasteiger partial charge is 0.493 e. The Kier molecular flexibility index (Phi) is 4.21. The van der Waals surface area contributed by atoms with Gasteiger partial charge in [0.25, 0.3) is 0 Å². The van der Waals surface area contributed by atoms with E-state index < -0.39 is 0 Å². The van der Waals surface area contributed by atoms with Crippen molar-refractivity contribution in [1.82, 2.24) is 14.8 Å². The lowest BCUT2D eigenvalue weighted by molar-refractivity contribution is 0.401. The van der Waals surface area contributed by atoms with Crippen molar-refractivity contribution in [3.8, 4) is 17.0 Å². The summed E-state index contributed by atoms with van der Waals surface area (Å²) in [4.78, 5) is 7.17. The predicted molar refractivity (Wildman–Crippen MR) is 101 cm³/mol. The standard InChI is InChI=1S/C19H22N4OS/c1-13(2)14-4-6-15(7-5-14)16-12-25-19(21-16)22-8-9-23-17(11-22)18(24-3)10-20-23/h4-7,10,12-13H,8-9,11H2,1-3H3. The topological polar surface area (TPSA) is 43.2 Å². The van der Waals surface area contributed by atoms with E-state index in [-0.39, 0.29) is 0 Å². The van der Waals surface area contributed by atoms with Gasteiger partial charge in [0, 0.05) is 17.5 Å². The second-order valence-electron chi connectivity index (χ2n) is 6.60. The molecule has 2 aromatic heterocycles. The van der Waals surface area contributed by atoms with E-state index in [4.69, 9.17) is 9.72 Å². The van der Waals surface area contributed by atoms with E-state index in [2.05, 4.69) is 53.5 Å². The predicted octanol–water partition coefficient (Wildman–Crippen LogP) is 4.16. The molecule has 1 aliphatic heterocycles. The Morgan fingerprint density at radius 3 is 2.68 bits per heavy atom. The van der Waals surface area contributed by atoms with Crippen molar-refractivity contribution in [2.45, 2.75) is 32.9 Å². The van der Waals surface area contributed by atoms with Gasteiger partial charge >= 0.3 is 0 Å². The molecule has 0 atom stereocenters. The van der Waals surface area contributed by atoms with Crippen LogP contribution in [-0.2, 0) is 13.1 Å². The van der Waals surface area contributed by atoms with E-state index in [1.54, 1.807) is 24.6 Å². The molecule has 0 unspecified atom stereocenters. The van der Waals surface area contributed by atoms with Crippen molar-refractivity contribution in [2.75, 3.05) is 18.6 Å². The number of thiazole rings is 1. The molecular weight excluding hydrogens is 332 g/mol. The van der Waals surface area contributed by atoms with Crippen LogP contribution in [0.5, 0.6) is 5.75 Å². The summed E-state index contributed by atoms with van der Waals surface area (Å²) in [5.74, 6) is 1.40. The molecule has 3 heterocycles. The quantitative estimate of drug-likeness (QED) is 0.706. The molecule has 6 heteroatoms. The fourth-order valence-electron chi connectivity index (χ4n) is 3.14. The van der Waals surface area contributed by atoms with Gasteiger partial charge in [-0.05, 0) is 11.5 Å². The summed E-state index contributed by atoms with van der Waals surface area (Å²) in [6.45, 7) is 6.98. The highest BCUT2D eigenvalue weighted by molar-refractivity contribution is 7.14. The van der Waals surface area contributed by atoms with E-state index in [0.29, 0.717) is 5.92 Å². The van der Waals surface area contributed by atoms with Gasteiger partial charge < -0.3 is 9.64 Å². The van der Waals surface area contributed by atoms with Gasteiger partial charge in [0.2, 0.25) is 0 Å². The van der Waals surface area contributed by atoms with Gasteiger partial charge in [-0.15, -0.1) is 11.3 Å². The normalized spacial score (nSPS) is 14.0. The van der Waals surface area contributed by atoms with E-state index in [0.717, 1.165) is 41.9 Å². The molecule has 0 saturated carbocycles. The molecule has 0 saturated heterocycles. The molecule has 0 radical (unpaired) electrons. The number of nitrogens with zero attached hydrogens (tertiary/aromatic N) is 4. The van der Waals surface area contributed by atoms with Crippen molar-refractivity contribution >= 4 is 16.5 Å². The van der Waals surface area contributed by atoms with Crippen molar-refractivity contribution < 1.29 is 4.74 Å². The molecule has 130 valence electrons. The Morgan fingerprint density at radius 2 is 1.96 bits per heavy atom. The van der Waals surface area contributed by atoms with E-state index >= 15 is 0 Å². The number of rotatable bonds is 4. The van der Waals surface area contributed by atoms with Gasteiger partial charge in [-0.3, -0.25) is 4.68 Å². The first-order valence-electron chi connectivity index (χ1n) is 8.55. The van der Waals surface area contributed by atoms with Crippen LogP contribution in [0.15, 0.2) is 35.8 Å². The lowest BCUT2D eigenvalue weighted by Gasteiger charge is -2.27.